The lowest BCUT2D eigenvalue weighted by Crippen LogP contribution is -2.41. The Balaban J connectivity index is 1.47. The Labute approximate surface area is 150 Å². The molecule has 3 rings (SSSR count). The number of ether oxygens (including phenoxy) is 1. The van der Waals surface area contributed by atoms with Gasteiger partial charge >= 0.3 is 0 Å². The maximum absolute atomic E-state index is 12.5. The predicted octanol–water partition coefficient (Wildman–Crippen LogP) is 0.414. The minimum absolute atomic E-state index is 0.145. The molecule has 0 radical (unpaired) electrons. The smallest absolute Gasteiger partial charge is 0.223 e. The van der Waals surface area contributed by atoms with Crippen molar-refractivity contribution in [2.45, 2.75) is 19.1 Å². The van der Waals surface area contributed by atoms with Gasteiger partial charge in [-0.1, -0.05) is 30.3 Å². The fourth-order valence-electron chi connectivity index (χ4n) is 3.50. The minimum atomic E-state index is -0.487. The van der Waals surface area contributed by atoms with Gasteiger partial charge in [0.25, 0.3) is 0 Å². The quantitative estimate of drug-likeness (QED) is 0.836. The molecule has 1 unspecified atom stereocenters. The van der Waals surface area contributed by atoms with Gasteiger partial charge in [0, 0.05) is 58.8 Å². The van der Waals surface area contributed by atoms with Crippen molar-refractivity contribution in [2.75, 3.05) is 59.0 Å². The standard InChI is InChI=1S/C19H29N3O3/c23-18-15-21(14-17-4-2-1-3-5-17)8-9-22(16-18)19(24)6-7-20-10-12-25-13-11-20/h1-5,18,23H,6-16H2. The molecule has 2 fully saturated rings. The Hall–Kier alpha value is -1.47. The summed E-state index contributed by atoms with van der Waals surface area (Å²) in [4.78, 5) is 18.9. The summed E-state index contributed by atoms with van der Waals surface area (Å²) in [6.45, 7) is 7.45. The molecular formula is C19H29N3O3. The van der Waals surface area contributed by atoms with Crippen LogP contribution in [-0.2, 0) is 16.1 Å². The SMILES string of the molecule is O=C(CCN1CCOCC1)N1CCN(Cc2ccccc2)CC(O)C1. The molecule has 1 atom stereocenters. The van der Waals surface area contributed by atoms with E-state index in [1.165, 1.54) is 5.56 Å². The average Bonchev–Trinajstić information content (AvgIpc) is 2.82. The summed E-state index contributed by atoms with van der Waals surface area (Å²) >= 11 is 0. The first kappa shape index (κ1) is 18.3. The van der Waals surface area contributed by atoms with Gasteiger partial charge in [-0.15, -0.1) is 0 Å². The number of aliphatic hydroxyl groups is 1. The highest BCUT2D eigenvalue weighted by molar-refractivity contribution is 5.76. The van der Waals surface area contributed by atoms with Crippen LogP contribution in [0.1, 0.15) is 12.0 Å². The molecule has 2 aliphatic rings. The number of carbonyl (C=O) groups is 1. The van der Waals surface area contributed by atoms with E-state index in [1.807, 2.05) is 23.1 Å². The Morgan fingerprint density at radius 1 is 1.04 bits per heavy atom. The maximum Gasteiger partial charge on any atom is 0.223 e. The molecule has 1 aromatic carbocycles. The van der Waals surface area contributed by atoms with Gasteiger partial charge in [-0.3, -0.25) is 14.6 Å². The molecule has 1 N–H and O–H groups in total. The van der Waals surface area contributed by atoms with Crippen LogP contribution in [0.3, 0.4) is 0 Å². The van der Waals surface area contributed by atoms with E-state index in [0.717, 1.165) is 45.9 Å². The third kappa shape index (κ3) is 5.78. The van der Waals surface area contributed by atoms with E-state index in [2.05, 4.69) is 21.9 Å². The first-order chi connectivity index (χ1) is 12.2. The number of benzene rings is 1. The molecule has 0 saturated carbocycles. The molecule has 0 spiro atoms. The third-order valence-electron chi connectivity index (χ3n) is 4.93. The summed E-state index contributed by atoms with van der Waals surface area (Å²) in [5.74, 6) is 0.145. The molecule has 6 nitrogen and oxygen atoms in total. The van der Waals surface area contributed by atoms with Crippen LogP contribution in [-0.4, -0.2) is 90.8 Å². The Morgan fingerprint density at radius 3 is 2.56 bits per heavy atom. The molecule has 2 saturated heterocycles. The van der Waals surface area contributed by atoms with Gasteiger partial charge in [0.1, 0.15) is 0 Å². The van der Waals surface area contributed by atoms with Gasteiger partial charge in [0.05, 0.1) is 19.3 Å². The van der Waals surface area contributed by atoms with Crippen LogP contribution < -0.4 is 0 Å². The van der Waals surface area contributed by atoms with Gasteiger partial charge in [0.2, 0.25) is 5.91 Å². The highest BCUT2D eigenvalue weighted by atomic mass is 16.5. The molecule has 1 amide bonds. The number of rotatable bonds is 5. The van der Waals surface area contributed by atoms with E-state index in [0.29, 0.717) is 26.1 Å². The molecule has 2 heterocycles. The van der Waals surface area contributed by atoms with E-state index in [-0.39, 0.29) is 5.91 Å². The summed E-state index contributed by atoms with van der Waals surface area (Å²) in [7, 11) is 0. The Morgan fingerprint density at radius 2 is 1.80 bits per heavy atom. The van der Waals surface area contributed by atoms with Crippen molar-refractivity contribution in [3.05, 3.63) is 35.9 Å². The number of morpholine rings is 1. The number of carbonyl (C=O) groups excluding carboxylic acids is 1. The monoisotopic (exact) mass is 347 g/mol. The van der Waals surface area contributed by atoms with Crippen LogP contribution in [0, 0.1) is 0 Å². The zero-order chi connectivity index (χ0) is 17.5. The molecule has 138 valence electrons. The normalized spacial score (nSPS) is 23.4. The summed E-state index contributed by atoms with van der Waals surface area (Å²) in [5.41, 5.74) is 1.24. The van der Waals surface area contributed by atoms with Crippen molar-refractivity contribution in [2.24, 2.45) is 0 Å². The van der Waals surface area contributed by atoms with E-state index < -0.39 is 6.10 Å². The number of aliphatic hydroxyl groups excluding tert-OH is 1. The van der Waals surface area contributed by atoms with Crippen LogP contribution in [0.4, 0.5) is 0 Å². The summed E-state index contributed by atoms with van der Waals surface area (Å²) < 4.78 is 5.34. The number of amides is 1. The van der Waals surface area contributed by atoms with Gasteiger partial charge in [-0.25, -0.2) is 0 Å². The summed E-state index contributed by atoms with van der Waals surface area (Å²) in [6, 6.07) is 10.3. The maximum atomic E-state index is 12.5. The van der Waals surface area contributed by atoms with Gasteiger partial charge in [-0.2, -0.15) is 0 Å². The Bertz CT molecular complexity index is 534. The predicted molar refractivity (Wildman–Crippen MR) is 96.2 cm³/mol. The largest absolute Gasteiger partial charge is 0.390 e. The highest BCUT2D eigenvalue weighted by Crippen LogP contribution is 2.11. The van der Waals surface area contributed by atoms with Crippen molar-refractivity contribution in [3.8, 4) is 0 Å². The molecule has 2 aliphatic heterocycles. The lowest BCUT2D eigenvalue weighted by Gasteiger charge is -2.28. The molecule has 25 heavy (non-hydrogen) atoms. The topological polar surface area (TPSA) is 56.2 Å². The number of hydrogen-bond acceptors (Lipinski definition) is 5. The second kappa shape index (κ2) is 9.29. The molecule has 0 bridgehead atoms. The van der Waals surface area contributed by atoms with Crippen LogP contribution in [0.15, 0.2) is 30.3 Å². The molecule has 6 heteroatoms. The van der Waals surface area contributed by atoms with Crippen molar-refractivity contribution in [3.63, 3.8) is 0 Å². The lowest BCUT2D eigenvalue weighted by atomic mass is 10.2. The lowest BCUT2D eigenvalue weighted by molar-refractivity contribution is -0.132. The molecular weight excluding hydrogens is 318 g/mol. The fourth-order valence-corrected chi connectivity index (χ4v) is 3.50. The van der Waals surface area contributed by atoms with Crippen LogP contribution in [0.2, 0.25) is 0 Å². The summed E-state index contributed by atoms with van der Waals surface area (Å²) in [5, 5.41) is 10.3. The minimum Gasteiger partial charge on any atom is -0.390 e. The highest BCUT2D eigenvalue weighted by Gasteiger charge is 2.24. The fraction of sp³-hybridized carbons (Fsp3) is 0.632. The second-order valence-electron chi connectivity index (χ2n) is 6.92. The zero-order valence-electron chi connectivity index (χ0n) is 14.8. The van der Waals surface area contributed by atoms with Crippen molar-refractivity contribution in [1.82, 2.24) is 14.7 Å². The molecule has 0 aliphatic carbocycles. The zero-order valence-corrected chi connectivity index (χ0v) is 14.8. The average molecular weight is 347 g/mol. The van der Waals surface area contributed by atoms with Crippen molar-refractivity contribution in [1.29, 1.82) is 0 Å². The van der Waals surface area contributed by atoms with Crippen LogP contribution in [0.5, 0.6) is 0 Å². The van der Waals surface area contributed by atoms with E-state index >= 15 is 0 Å². The van der Waals surface area contributed by atoms with E-state index in [9.17, 15) is 9.90 Å². The Kier molecular flexibility index (Phi) is 6.81. The molecule has 1 aromatic rings. The van der Waals surface area contributed by atoms with Gasteiger partial charge in [0.15, 0.2) is 0 Å². The van der Waals surface area contributed by atoms with Crippen molar-refractivity contribution < 1.29 is 14.6 Å². The van der Waals surface area contributed by atoms with E-state index in [1.54, 1.807) is 0 Å². The third-order valence-corrected chi connectivity index (χ3v) is 4.93. The van der Waals surface area contributed by atoms with Gasteiger partial charge in [-0.05, 0) is 5.56 Å². The van der Waals surface area contributed by atoms with E-state index in [4.69, 9.17) is 4.74 Å². The number of hydrogen-bond donors (Lipinski definition) is 1. The van der Waals surface area contributed by atoms with Gasteiger partial charge < -0.3 is 14.7 Å². The van der Waals surface area contributed by atoms with Crippen LogP contribution in [0.25, 0.3) is 0 Å². The number of β-amino-alcohol motifs (C(OH)–C–C–N with tert-alkyl or cyclic N) is 1. The number of nitrogens with zero attached hydrogens (tertiary/aromatic N) is 3. The van der Waals surface area contributed by atoms with Crippen LogP contribution >= 0.6 is 0 Å². The first-order valence-corrected chi connectivity index (χ1v) is 9.23. The summed E-state index contributed by atoms with van der Waals surface area (Å²) in [6.07, 6.45) is 0.0318. The molecule has 0 aromatic heterocycles. The van der Waals surface area contributed by atoms with Crippen molar-refractivity contribution >= 4 is 5.91 Å². The first-order valence-electron chi connectivity index (χ1n) is 9.23. The second-order valence-corrected chi connectivity index (χ2v) is 6.92.